The number of aromatic nitrogens is 5. The van der Waals surface area contributed by atoms with E-state index in [1.54, 1.807) is 54.9 Å². The van der Waals surface area contributed by atoms with Crippen LogP contribution in [0.15, 0.2) is 110 Å². The lowest BCUT2D eigenvalue weighted by atomic mass is 10.0. The van der Waals surface area contributed by atoms with Crippen LogP contribution >= 0.6 is 0 Å². The first kappa shape index (κ1) is 40.4. The Hall–Kier alpha value is -7.27. The Bertz CT molecular complexity index is 2290. The molecule has 0 bridgehead atoms. The SMILES string of the molecule is N[C@@H](Cc1c[nH]c2ccccc12)C(=O)N[C@@H](Cc1c[nH]cn1)C(=O)N[C@@H](Cc1ccc(O)cc1)C(=O)N[C@@H](Cc1c[nH]cn1)C(=O)N[C@@H](Cc1ccccc1)C(=O)O. The minimum absolute atomic E-state index is 0.0148. The van der Waals surface area contributed by atoms with Gasteiger partial charge in [-0.05, 0) is 41.3 Å². The van der Waals surface area contributed by atoms with Crippen LogP contribution < -0.4 is 27.0 Å². The second kappa shape index (κ2) is 19.1. The Balaban J connectivity index is 1.22. The number of aliphatic carboxylic acids is 1. The van der Waals surface area contributed by atoms with Crippen molar-refractivity contribution in [3.8, 4) is 5.75 Å². The number of fused-ring (bicyclic) bond motifs is 1. The normalized spacial score (nSPS) is 13.7. The molecular weight excluding hydrogens is 745 g/mol. The number of hydrogen-bond donors (Lipinski definition) is 10. The first-order valence-corrected chi connectivity index (χ1v) is 18.5. The summed E-state index contributed by atoms with van der Waals surface area (Å²) in [4.78, 5) is 85.2. The third kappa shape index (κ3) is 10.9. The fourth-order valence-electron chi connectivity index (χ4n) is 6.49. The smallest absolute Gasteiger partial charge is 0.326 e. The number of hydrogen-bond acceptors (Lipinski definition) is 9. The maximum absolute atomic E-state index is 14.2. The van der Waals surface area contributed by atoms with Gasteiger partial charge in [0.1, 0.15) is 29.9 Å². The van der Waals surface area contributed by atoms with E-state index in [2.05, 4.69) is 46.2 Å². The molecule has 11 N–H and O–H groups in total. The topological polar surface area (TPSA) is 273 Å². The summed E-state index contributed by atoms with van der Waals surface area (Å²) in [6.07, 6.45) is 7.59. The fourth-order valence-corrected chi connectivity index (χ4v) is 6.49. The highest BCUT2D eigenvalue weighted by Crippen LogP contribution is 2.19. The predicted molar refractivity (Wildman–Crippen MR) is 212 cm³/mol. The molecule has 17 heteroatoms. The molecule has 0 aliphatic heterocycles. The van der Waals surface area contributed by atoms with Gasteiger partial charge < -0.3 is 52.2 Å². The van der Waals surface area contributed by atoms with Crippen molar-refractivity contribution >= 4 is 40.5 Å². The third-order valence-electron chi connectivity index (χ3n) is 9.56. The maximum Gasteiger partial charge on any atom is 0.326 e. The third-order valence-corrected chi connectivity index (χ3v) is 9.56. The molecule has 300 valence electrons. The van der Waals surface area contributed by atoms with Gasteiger partial charge in [0.05, 0.1) is 30.1 Å². The number of carbonyl (C=O) groups excluding carboxylic acids is 4. The molecule has 0 saturated carbocycles. The molecule has 0 saturated heterocycles. The summed E-state index contributed by atoms with van der Waals surface area (Å²) in [7, 11) is 0. The molecule has 3 heterocycles. The second-order valence-corrected chi connectivity index (χ2v) is 13.8. The minimum Gasteiger partial charge on any atom is -0.508 e. The van der Waals surface area contributed by atoms with Gasteiger partial charge in [0, 0.05) is 55.2 Å². The number of phenols is 1. The van der Waals surface area contributed by atoms with Gasteiger partial charge in [0.25, 0.3) is 0 Å². The Morgan fingerprint density at radius 3 is 1.66 bits per heavy atom. The van der Waals surface area contributed by atoms with Gasteiger partial charge >= 0.3 is 5.97 Å². The van der Waals surface area contributed by atoms with Crippen molar-refractivity contribution in [1.82, 2.24) is 46.2 Å². The second-order valence-electron chi connectivity index (χ2n) is 13.8. The number of nitrogens with two attached hydrogens (primary N) is 1. The molecule has 0 aliphatic carbocycles. The van der Waals surface area contributed by atoms with Crippen molar-refractivity contribution < 1.29 is 34.2 Å². The van der Waals surface area contributed by atoms with Crippen molar-refractivity contribution in [2.24, 2.45) is 5.73 Å². The van der Waals surface area contributed by atoms with E-state index in [1.807, 2.05) is 24.3 Å². The van der Waals surface area contributed by atoms with Gasteiger partial charge in [0.15, 0.2) is 0 Å². The van der Waals surface area contributed by atoms with Crippen molar-refractivity contribution in [3.63, 3.8) is 0 Å². The summed E-state index contributed by atoms with van der Waals surface area (Å²) in [6, 6.07) is 16.1. The minimum atomic E-state index is -1.33. The van der Waals surface area contributed by atoms with Gasteiger partial charge in [-0.1, -0.05) is 60.7 Å². The molecule has 5 atom stereocenters. The molecule has 0 aliphatic rings. The molecule has 17 nitrogen and oxygen atoms in total. The van der Waals surface area contributed by atoms with Crippen molar-refractivity contribution in [2.75, 3.05) is 0 Å². The van der Waals surface area contributed by atoms with Crippen LogP contribution in [0.3, 0.4) is 0 Å². The Morgan fingerprint density at radius 2 is 1.09 bits per heavy atom. The number of benzene rings is 3. The van der Waals surface area contributed by atoms with Crippen LogP contribution in [0.2, 0.25) is 0 Å². The van der Waals surface area contributed by atoms with Crippen molar-refractivity contribution in [3.05, 3.63) is 138 Å². The van der Waals surface area contributed by atoms with E-state index < -0.39 is 59.8 Å². The lowest BCUT2D eigenvalue weighted by molar-refractivity contribution is -0.142. The molecule has 6 aromatic rings. The van der Waals surface area contributed by atoms with E-state index in [1.165, 1.54) is 31.0 Å². The van der Waals surface area contributed by atoms with Crippen molar-refractivity contribution in [1.29, 1.82) is 0 Å². The van der Waals surface area contributed by atoms with Crippen LogP contribution in [0.5, 0.6) is 5.75 Å². The van der Waals surface area contributed by atoms with Gasteiger partial charge in [-0.3, -0.25) is 19.2 Å². The van der Waals surface area contributed by atoms with Crippen LogP contribution in [-0.2, 0) is 56.1 Å². The number of carboxylic acids is 1. The zero-order valence-electron chi connectivity index (χ0n) is 31.2. The fraction of sp³-hybridized carbons (Fsp3) is 0.244. The van der Waals surface area contributed by atoms with Gasteiger partial charge in [-0.25, -0.2) is 14.8 Å². The van der Waals surface area contributed by atoms with E-state index in [-0.39, 0.29) is 37.9 Å². The monoisotopic (exact) mass is 788 g/mol. The van der Waals surface area contributed by atoms with E-state index in [9.17, 15) is 34.2 Å². The lowest BCUT2D eigenvalue weighted by Gasteiger charge is -2.26. The molecule has 58 heavy (non-hydrogen) atoms. The zero-order valence-corrected chi connectivity index (χ0v) is 31.2. The van der Waals surface area contributed by atoms with Crippen LogP contribution in [0.25, 0.3) is 10.9 Å². The molecule has 6 rings (SSSR count). The van der Waals surface area contributed by atoms with E-state index in [4.69, 9.17) is 5.73 Å². The quantitative estimate of drug-likeness (QED) is 0.0560. The molecule has 0 spiro atoms. The Kier molecular flexibility index (Phi) is 13.3. The van der Waals surface area contributed by atoms with E-state index in [0.717, 1.165) is 16.5 Å². The molecule has 3 aromatic carbocycles. The number of phenolic OH excluding ortho intramolecular Hbond substituents is 1. The summed E-state index contributed by atoms with van der Waals surface area (Å²) in [5, 5.41) is 31.5. The van der Waals surface area contributed by atoms with Crippen molar-refractivity contribution in [2.45, 2.75) is 62.3 Å². The highest BCUT2D eigenvalue weighted by molar-refractivity contribution is 5.96. The first-order chi connectivity index (χ1) is 28.0. The van der Waals surface area contributed by atoms with Crippen LogP contribution in [-0.4, -0.2) is 94.9 Å². The average Bonchev–Trinajstić information content (AvgIpc) is 4.02. The number of rotatable bonds is 19. The predicted octanol–water partition coefficient (Wildman–Crippen LogP) is 1.18. The van der Waals surface area contributed by atoms with Crippen LogP contribution in [0.1, 0.15) is 28.1 Å². The van der Waals surface area contributed by atoms with Crippen LogP contribution in [0, 0.1) is 0 Å². The number of nitrogens with one attached hydrogen (secondary N) is 7. The highest BCUT2D eigenvalue weighted by Gasteiger charge is 2.33. The number of imidazole rings is 2. The Morgan fingerprint density at radius 1 is 0.586 bits per heavy atom. The zero-order chi connectivity index (χ0) is 41.0. The number of nitrogens with zero attached hydrogens (tertiary/aromatic N) is 2. The molecule has 0 unspecified atom stereocenters. The average molecular weight is 789 g/mol. The van der Waals surface area contributed by atoms with Gasteiger partial charge in [0.2, 0.25) is 23.6 Å². The van der Waals surface area contributed by atoms with Gasteiger partial charge in [-0.2, -0.15) is 0 Å². The van der Waals surface area contributed by atoms with Gasteiger partial charge in [-0.15, -0.1) is 0 Å². The molecular formula is C41H44N10O7. The number of amides is 4. The summed E-state index contributed by atoms with van der Waals surface area (Å²) in [6.45, 7) is 0. The molecule has 0 radical (unpaired) electrons. The number of aromatic hydroxyl groups is 1. The largest absolute Gasteiger partial charge is 0.508 e. The summed E-state index contributed by atoms with van der Waals surface area (Å²) in [5.41, 5.74) is 10.2. The molecule has 3 aromatic heterocycles. The van der Waals surface area contributed by atoms with E-state index >= 15 is 0 Å². The first-order valence-electron chi connectivity index (χ1n) is 18.5. The maximum atomic E-state index is 14.2. The Labute approximate surface area is 332 Å². The summed E-state index contributed by atoms with van der Waals surface area (Å²) in [5.74, 6) is -4.21. The summed E-state index contributed by atoms with van der Waals surface area (Å²) < 4.78 is 0. The van der Waals surface area contributed by atoms with Crippen LogP contribution in [0.4, 0.5) is 0 Å². The number of H-pyrrole nitrogens is 3. The summed E-state index contributed by atoms with van der Waals surface area (Å²) >= 11 is 0. The number of carboxylic acid groups (broad SMARTS) is 1. The molecule has 4 amide bonds. The standard InChI is InChI=1S/C41H44N10O7/c42-31(16-26-19-45-32-9-5-4-8-30(26)32)37(53)48-34(17-27-20-43-22-46-27)39(55)49-33(14-25-10-12-29(52)13-11-25)38(54)50-35(18-28-21-44-23-47-28)40(56)51-36(41(57)58)15-24-6-2-1-3-7-24/h1-13,19-23,31,33-36,45,52H,14-18,42H2,(H,43,46)(H,44,47)(H,48,53)(H,49,55)(H,50,54)(H,51,56)(H,57,58)/t31-,33-,34-,35-,36-/m0/s1. The lowest BCUT2D eigenvalue weighted by Crippen LogP contribution is -2.59. The molecule has 0 fully saturated rings. The highest BCUT2D eigenvalue weighted by atomic mass is 16.4. The van der Waals surface area contributed by atoms with E-state index in [0.29, 0.717) is 22.5 Å². The number of aromatic amines is 3. The number of carbonyl (C=O) groups is 5. The number of para-hydroxylation sites is 1.